The maximum Gasteiger partial charge on any atom is 0.414 e. The van der Waals surface area contributed by atoms with Crippen LogP contribution in [0.25, 0.3) is 0 Å². The third-order valence-electron chi connectivity index (χ3n) is 4.11. The lowest BCUT2D eigenvalue weighted by Crippen LogP contribution is -2.20. The van der Waals surface area contributed by atoms with Crippen molar-refractivity contribution in [2.75, 3.05) is 20.1 Å². The summed E-state index contributed by atoms with van der Waals surface area (Å²) in [6.07, 6.45) is 1.02. The number of rotatable bonds is 6. The number of likely N-dealkylation sites (N-methyl/N-ethyl adjacent to an activating group) is 1. The molecule has 1 aromatic heterocycles. The van der Waals surface area contributed by atoms with Gasteiger partial charge in [-0.3, -0.25) is 5.41 Å². The van der Waals surface area contributed by atoms with Crippen molar-refractivity contribution < 1.29 is 4.74 Å². The zero-order valence-electron chi connectivity index (χ0n) is 15.2. The number of amidine groups is 1. The minimum Gasteiger partial charge on any atom is -0.402 e. The van der Waals surface area contributed by atoms with E-state index in [-0.39, 0.29) is 5.84 Å². The van der Waals surface area contributed by atoms with Gasteiger partial charge in [0.2, 0.25) is 0 Å². The average Bonchev–Trinajstić information content (AvgIpc) is 3.10. The van der Waals surface area contributed by atoms with Gasteiger partial charge in [-0.05, 0) is 68.1 Å². The molecule has 0 aliphatic heterocycles. The van der Waals surface area contributed by atoms with Crippen molar-refractivity contribution in [3.63, 3.8) is 0 Å². The zero-order chi connectivity index (χ0) is 18.4. The Labute approximate surface area is 159 Å². The number of aryl methyl sites for hydroxylation is 2. The Balaban J connectivity index is 2.09. The summed E-state index contributed by atoms with van der Waals surface area (Å²) >= 11 is 4.86. The topological polar surface area (TPSA) is 48.7 Å². The molecule has 134 valence electrons. The minimum absolute atomic E-state index is 0.189. The molecular formula is C19H26N3OS2+. The van der Waals surface area contributed by atoms with Gasteiger partial charge in [0.15, 0.2) is 5.84 Å². The summed E-state index contributed by atoms with van der Waals surface area (Å²) in [5.74, 6) is 0.950. The first-order valence-corrected chi connectivity index (χ1v) is 9.68. The van der Waals surface area contributed by atoms with Crippen molar-refractivity contribution in [1.82, 2.24) is 4.90 Å². The van der Waals surface area contributed by atoms with Crippen molar-refractivity contribution in [2.45, 2.75) is 27.2 Å². The number of thiophene rings is 1. The molecule has 0 amide bonds. The van der Waals surface area contributed by atoms with Crippen molar-refractivity contribution in [1.29, 1.82) is 5.41 Å². The van der Waals surface area contributed by atoms with Crippen LogP contribution in [-0.4, -0.2) is 36.1 Å². The fourth-order valence-electron chi connectivity index (χ4n) is 2.40. The van der Waals surface area contributed by atoms with Crippen LogP contribution in [0.2, 0.25) is 0 Å². The Hall–Kier alpha value is -1.63. The molecular weight excluding hydrogens is 350 g/mol. The van der Waals surface area contributed by atoms with Crippen molar-refractivity contribution in [2.24, 2.45) is 4.99 Å². The predicted molar refractivity (Wildman–Crippen MR) is 112 cm³/mol. The monoisotopic (exact) mass is 376 g/mol. The van der Waals surface area contributed by atoms with Crippen molar-refractivity contribution >= 4 is 35.0 Å². The molecule has 0 fully saturated rings. The summed E-state index contributed by atoms with van der Waals surface area (Å²) in [4.78, 5) is 7.29. The van der Waals surface area contributed by atoms with Crippen LogP contribution in [0.15, 0.2) is 34.6 Å². The normalized spacial score (nSPS) is 11.8. The predicted octanol–water partition coefficient (Wildman–Crippen LogP) is 3.63. The molecule has 0 atom stereocenters. The second-order valence-electron chi connectivity index (χ2n) is 6.04. The van der Waals surface area contributed by atoms with Crippen LogP contribution >= 0.6 is 11.3 Å². The van der Waals surface area contributed by atoms with Crippen LogP contribution < -0.4 is 4.74 Å². The number of ether oxygens (including phenoxy) is 1. The first kappa shape index (κ1) is 19.7. The van der Waals surface area contributed by atoms with Crippen LogP contribution in [0.4, 0.5) is 0 Å². The highest BCUT2D eigenvalue weighted by molar-refractivity contribution is 7.77. The van der Waals surface area contributed by atoms with Gasteiger partial charge in [0.1, 0.15) is 5.75 Å². The first-order chi connectivity index (χ1) is 11.9. The molecule has 0 bridgehead atoms. The fourth-order valence-corrected chi connectivity index (χ4v) is 3.24. The Morgan fingerprint density at radius 3 is 2.72 bits per heavy atom. The van der Waals surface area contributed by atoms with E-state index in [1.807, 2.05) is 30.5 Å². The maximum atomic E-state index is 7.99. The highest BCUT2D eigenvalue weighted by Gasteiger charge is 2.12. The molecule has 0 spiro atoms. The second-order valence-corrected chi connectivity index (χ2v) is 7.41. The summed E-state index contributed by atoms with van der Waals surface area (Å²) in [6, 6.07) is 7.99. The van der Waals surface area contributed by atoms with E-state index in [2.05, 4.69) is 49.5 Å². The number of nitrogens with zero attached hydrogens (tertiary/aromatic N) is 2. The molecule has 0 unspecified atom stereocenters. The van der Waals surface area contributed by atoms with Gasteiger partial charge >= 0.3 is 5.23 Å². The molecule has 0 saturated heterocycles. The van der Waals surface area contributed by atoms with E-state index >= 15 is 0 Å². The minimum atomic E-state index is 0.189. The second kappa shape index (κ2) is 9.17. The molecule has 1 aromatic carbocycles. The molecule has 2 aromatic rings. The summed E-state index contributed by atoms with van der Waals surface area (Å²) in [6.45, 7) is 8.40. The number of hydrogen-bond donors (Lipinski definition) is 1. The summed E-state index contributed by atoms with van der Waals surface area (Å²) in [5, 5.41) is 10.2. The van der Waals surface area contributed by atoms with E-state index < -0.39 is 0 Å². The quantitative estimate of drug-likeness (QED) is 0.475. The van der Waals surface area contributed by atoms with Crippen LogP contribution in [0.1, 0.15) is 28.5 Å². The lowest BCUT2D eigenvalue weighted by molar-refractivity contribution is 0.357. The zero-order valence-corrected chi connectivity index (χ0v) is 17.0. The van der Waals surface area contributed by atoms with Gasteiger partial charge in [-0.25, -0.2) is 0 Å². The molecule has 0 aliphatic carbocycles. The SMILES string of the molecule is CCN(C)CCc1cc(C)c(OC([SH2+])=NC(=N)c2cccs2)cc1C. The maximum absolute atomic E-state index is 7.99. The lowest BCUT2D eigenvalue weighted by Gasteiger charge is -2.16. The van der Waals surface area contributed by atoms with Crippen molar-refractivity contribution in [3.05, 3.63) is 51.2 Å². The van der Waals surface area contributed by atoms with Gasteiger partial charge < -0.3 is 9.64 Å². The van der Waals surface area contributed by atoms with Crippen LogP contribution in [0, 0.1) is 19.3 Å². The van der Waals surface area contributed by atoms with Crippen LogP contribution in [0.5, 0.6) is 5.75 Å². The average molecular weight is 377 g/mol. The van der Waals surface area contributed by atoms with E-state index in [0.717, 1.165) is 35.7 Å². The molecule has 0 aliphatic rings. The Morgan fingerprint density at radius 1 is 1.32 bits per heavy atom. The molecule has 25 heavy (non-hydrogen) atoms. The molecule has 6 heteroatoms. The summed E-state index contributed by atoms with van der Waals surface area (Å²) < 4.78 is 5.81. The highest BCUT2D eigenvalue weighted by Crippen LogP contribution is 2.24. The van der Waals surface area contributed by atoms with Crippen LogP contribution in [0.3, 0.4) is 0 Å². The molecule has 4 nitrogen and oxygen atoms in total. The number of benzene rings is 1. The fraction of sp³-hybridized carbons (Fsp3) is 0.368. The van der Waals surface area contributed by atoms with E-state index in [1.165, 1.54) is 22.5 Å². The van der Waals surface area contributed by atoms with Gasteiger partial charge in [-0.2, -0.15) is 0 Å². The first-order valence-electron chi connectivity index (χ1n) is 8.30. The van der Waals surface area contributed by atoms with Gasteiger partial charge in [-0.15, -0.1) is 16.3 Å². The van der Waals surface area contributed by atoms with E-state index in [1.54, 1.807) is 0 Å². The molecule has 0 saturated carbocycles. The molecule has 1 N–H and O–H groups in total. The highest BCUT2D eigenvalue weighted by atomic mass is 32.1. The lowest BCUT2D eigenvalue weighted by atomic mass is 10.0. The van der Waals surface area contributed by atoms with Gasteiger partial charge in [-0.1, -0.05) is 19.1 Å². The number of nitrogens with one attached hydrogen (secondary N) is 1. The smallest absolute Gasteiger partial charge is 0.402 e. The van der Waals surface area contributed by atoms with E-state index in [4.69, 9.17) is 10.1 Å². The van der Waals surface area contributed by atoms with E-state index in [9.17, 15) is 0 Å². The Bertz CT molecular complexity index is 754. The van der Waals surface area contributed by atoms with Gasteiger partial charge in [0.05, 0.1) is 17.5 Å². The standard InChI is InChI=1S/C19H25N3OS2/c1-5-22(4)9-8-15-11-14(3)16(12-13(15)2)23-19(24)21-18(20)17-7-6-10-25-17/h6-7,10-12H,5,8-9H2,1-4H3,(H2,20,21,24)/p+1. The van der Waals surface area contributed by atoms with E-state index in [0.29, 0.717) is 5.23 Å². The third-order valence-corrected chi connectivity index (χ3v) is 5.20. The van der Waals surface area contributed by atoms with Crippen LogP contribution in [-0.2, 0) is 19.0 Å². The Morgan fingerprint density at radius 2 is 2.08 bits per heavy atom. The molecule has 2 rings (SSSR count). The third kappa shape index (κ3) is 5.70. The number of aliphatic imine (C=N–C) groups is 1. The van der Waals surface area contributed by atoms with Gasteiger partial charge in [0, 0.05) is 6.54 Å². The van der Waals surface area contributed by atoms with Crippen molar-refractivity contribution in [3.8, 4) is 5.75 Å². The Kier molecular flexibility index (Phi) is 7.23. The number of hydrogen-bond acceptors (Lipinski definition) is 4. The molecule has 0 radical (unpaired) electrons. The van der Waals surface area contributed by atoms with Gasteiger partial charge in [0.25, 0.3) is 0 Å². The molecule has 1 heterocycles. The summed E-state index contributed by atoms with van der Waals surface area (Å²) in [5.41, 5.74) is 3.61. The largest absolute Gasteiger partial charge is 0.414 e. The summed E-state index contributed by atoms with van der Waals surface area (Å²) in [7, 11) is 2.13.